The molecule has 1 aromatic heterocycles. The molecule has 1 aliphatic heterocycles. The van der Waals surface area contributed by atoms with Crippen LogP contribution in [0.5, 0.6) is 0 Å². The molecule has 1 N–H and O–H groups in total. The summed E-state index contributed by atoms with van der Waals surface area (Å²) in [4.78, 5) is 25.6. The van der Waals surface area contributed by atoms with Gasteiger partial charge in [-0.05, 0) is 33.6 Å². The zero-order chi connectivity index (χ0) is 14.5. The summed E-state index contributed by atoms with van der Waals surface area (Å²) in [5.41, 5.74) is -0.0726. The fourth-order valence-electron chi connectivity index (χ4n) is 2.97. The molecular formula is C14H20N2O4. The topological polar surface area (TPSA) is 73.3 Å². The van der Waals surface area contributed by atoms with Crippen LogP contribution in [0, 0.1) is 12.3 Å². The van der Waals surface area contributed by atoms with Crippen LogP contribution >= 0.6 is 0 Å². The average molecular weight is 280 g/mol. The van der Waals surface area contributed by atoms with Crippen LogP contribution in [0.4, 0.5) is 0 Å². The SMILES string of the molecule is Cc1cn(C2CC3(COC(C)(C)OC3)C2)c(=O)[nH]c1=O. The lowest BCUT2D eigenvalue weighted by Crippen LogP contribution is -2.54. The zero-order valence-electron chi connectivity index (χ0n) is 12.1. The Kier molecular flexibility index (Phi) is 2.92. The summed E-state index contributed by atoms with van der Waals surface area (Å²) in [5.74, 6) is -0.512. The summed E-state index contributed by atoms with van der Waals surface area (Å²) in [6.45, 7) is 6.84. The number of hydrogen-bond acceptors (Lipinski definition) is 4. The molecule has 1 saturated carbocycles. The standard InChI is InChI=1S/C14H20N2O4/c1-9-6-16(12(18)15-11(9)17)10-4-14(5-10)7-19-13(2,3)20-8-14/h6,10H,4-5,7-8H2,1-3H3,(H,15,17,18). The molecule has 1 spiro atoms. The number of rotatable bonds is 1. The van der Waals surface area contributed by atoms with Crippen LogP contribution in [0.2, 0.25) is 0 Å². The molecular weight excluding hydrogens is 260 g/mol. The fraction of sp³-hybridized carbons (Fsp3) is 0.714. The van der Waals surface area contributed by atoms with Crippen molar-refractivity contribution in [1.29, 1.82) is 0 Å². The van der Waals surface area contributed by atoms with E-state index in [0.29, 0.717) is 18.8 Å². The lowest BCUT2D eigenvalue weighted by molar-refractivity contribution is -0.302. The molecule has 6 nitrogen and oxygen atoms in total. The van der Waals surface area contributed by atoms with E-state index in [9.17, 15) is 9.59 Å². The normalized spacial score (nSPS) is 24.6. The molecule has 0 radical (unpaired) electrons. The van der Waals surface area contributed by atoms with Crippen molar-refractivity contribution in [2.45, 2.75) is 45.4 Å². The zero-order valence-corrected chi connectivity index (χ0v) is 12.1. The molecule has 20 heavy (non-hydrogen) atoms. The first-order valence-corrected chi connectivity index (χ1v) is 6.90. The minimum Gasteiger partial charge on any atom is -0.350 e. The second-order valence-electron chi connectivity index (χ2n) is 6.52. The monoisotopic (exact) mass is 280 g/mol. The van der Waals surface area contributed by atoms with Gasteiger partial charge in [0.15, 0.2) is 5.79 Å². The van der Waals surface area contributed by atoms with E-state index in [1.165, 1.54) is 0 Å². The van der Waals surface area contributed by atoms with Gasteiger partial charge in [-0.1, -0.05) is 0 Å². The molecule has 0 aromatic carbocycles. The number of nitrogens with one attached hydrogen (secondary N) is 1. The number of aryl methyl sites for hydroxylation is 1. The number of H-pyrrole nitrogens is 1. The second kappa shape index (κ2) is 4.30. The van der Waals surface area contributed by atoms with E-state index in [1.807, 2.05) is 13.8 Å². The van der Waals surface area contributed by atoms with Crippen LogP contribution in [0.1, 0.15) is 38.3 Å². The van der Waals surface area contributed by atoms with Crippen molar-refractivity contribution in [2.24, 2.45) is 5.41 Å². The Labute approximate surface area is 116 Å². The molecule has 2 heterocycles. The Morgan fingerprint density at radius 3 is 2.45 bits per heavy atom. The van der Waals surface area contributed by atoms with Gasteiger partial charge in [-0.15, -0.1) is 0 Å². The van der Waals surface area contributed by atoms with E-state index in [-0.39, 0.29) is 22.7 Å². The first-order chi connectivity index (χ1) is 9.30. The van der Waals surface area contributed by atoms with Gasteiger partial charge in [0, 0.05) is 23.2 Å². The van der Waals surface area contributed by atoms with Crippen molar-refractivity contribution in [2.75, 3.05) is 13.2 Å². The first kappa shape index (κ1) is 13.6. The Bertz CT molecular complexity index is 625. The molecule has 1 aromatic rings. The van der Waals surface area contributed by atoms with Gasteiger partial charge in [-0.25, -0.2) is 4.79 Å². The molecule has 1 saturated heterocycles. The highest BCUT2D eigenvalue weighted by molar-refractivity contribution is 5.06. The third-order valence-corrected chi connectivity index (χ3v) is 4.33. The van der Waals surface area contributed by atoms with Gasteiger partial charge in [-0.2, -0.15) is 0 Å². The molecule has 1 aliphatic carbocycles. The van der Waals surface area contributed by atoms with Crippen molar-refractivity contribution in [3.05, 3.63) is 32.6 Å². The van der Waals surface area contributed by atoms with Crippen molar-refractivity contribution >= 4 is 0 Å². The minimum absolute atomic E-state index is 0.0175. The molecule has 0 bridgehead atoms. The van der Waals surface area contributed by atoms with Gasteiger partial charge < -0.3 is 9.47 Å². The smallest absolute Gasteiger partial charge is 0.328 e. The van der Waals surface area contributed by atoms with Gasteiger partial charge in [-0.3, -0.25) is 14.3 Å². The highest BCUT2D eigenvalue weighted by Gasteiger charge is 2.50. The van der Waals surface area contributed by atoms with Crippen molar-refractivity contribution in [1.82, 2.24) is 9.55 Å². The van der Waals surface area contributed by atoms with Gasteiger partial charge in [0.05, 0.1) is 13.2 Å². The van der Waals surface area contributed by atoms with Crippen LogP contribution < -0.4 is 11.2 Å². The number of hydrogen-bond donors (Lipinski definition) is 1. The fourth-order valence-corrected chi connectivity index (χ4v) is 2.97. The highest BCUT2D eigenvalue weighted by Crippen LogP contribution is 2.51. The lowest BCUT2D eigenvalue weighted by Gasteiger charge is -2.52. The summed E-state index contributed by atoms with van der Waals surface area (Å²) in [7, 11) is 0. The largest absolute Gasteiger partial charge is 0.350 e. The van der Waals surface area contributed by atoms with Crippen LogP contribution in [0.15, 0.2) is 15.8 Å². The van der Waals surface area contributed by atoms with Crippen LogP contribution in [-0.4, -0.2) is 28.6 Å². The van der Waals surface area contributed by atoms with Gasteiger partial charge in [0.1, 0.15) is 0 Å². The van der Waals surface area contributed by atoms with Crippen molar-refractivity contribution < 1.29 is 9.47 Å². The van der Waals surface area contributed by atoms with Crippen molar-refractivity contribution in [3.63, 3.8) is 0 Å². The van der Waals surface area contributed by atoms with E-state index in [2.05, 4.69) is 4.98 Å². The maximum Gasteiger partial charge on any atom is 0.328 e. The summed E-state index contributed by atoms with van der Waals surface area (Å²) >= 11 is 0. The predicted molar refractivity (Wildman–Crippen MR) is 72.7 cm³/mol. The molecule has 2 aliphatic rings. The molecule has 3 rings (SSSR count). The maximum absolute atomic E-state index is 11.8. The van der Waals surface area contributed by atoms with Gasteiger partial charge >= 0.3 is 5.69 Å². The summed E-state index contributed by atoms with van der Waals surface area (Å²) < 4.78 is 13.1. The number of aromatic amines is 1. The van der Waals surface area contributed by atoms with Crippen molar-refractivity contribution in [3.8, 4) is 0 Å². The summed E-state index contributed by atoms with van der Waals surface area (Å²) in [6, 6.07) is 0.117. The quantitative estimate of drug-likeness (QED) is 0.831. The predicted octanol–water partition coefficient (Wildman–Crippen LogP) is 0.949. The van der Waals surface area contributed by atoms with E-state index < -0.39 is 5.79 Å². The Hall–Kier alpha value is -1.40. The Morgan fingerprint density at radius 2 is 1.85 bits per heavy atom. The first-order valence-electron chi connectivity index (χ1n) is 6.90. The molecule has 0 atom stereocenters. The third-order valence-electron chi connectivity index (χ3n) is 4.33. The number of nitrogens with zero attached hydrogens (tertiary/aromatic N) is 1. The minimum atomic E-state index is -0.512. The molecule has 6 heteroatoms. The molecule has 0 amide bonds. The summed E-state index contributed by atoms with van der Waals surface area (Å²) in [5, 5.41) is 0. The Balaban J connectivity index is 1.74. The van der Waals surface area contributed by atoms with Crippen LogP contribution in [-0.2, 0) is 9.47 Å². The van der Waals surface area contributed by atoms with Gasteiger partial charge in [0.25, 0.3) is 5.56 Å². The number of aromatic nitrogens is 2. The van der Waals surface area contributed by atoms with Crippen LogP contribution in [0.25, 0.3) is 0 Å². The lowest BCUT2D eigenvalue weighted by atomic mass is 9.66. The van der Waals surface area contributed by atoms with Gasteiger partial charge in [0.2, 0.25) is 0 Å². The van der Waals surface area contributed by atoms with E-state index in [1.54, 1.807) is 17.7 Å². The molecule has 2 fully saturated rings. The van der Waals surface area contributed by atoms with E-state index in [4.69, 9.17) is 9.47 Å². The van der Waals surface area contributed by atoms with E-state index in [0.717, 1.165) is 12.8 Å². The van der Waals surface area contributed by atoms with E-state index >= 15 is 0 Å². The highest BCUT2D eigenvalue weighted by atomic mass is 16.7. The van der Waals surface area contributed by atoms with Crippen LogP contribution in [0.3, 0.4) is 0 Å². The maximum atomic E-state index is 11.8. The average Bonchev–Trinajstić information content (AvgIpc) is 2.32. The Morgan fingerprint density at radius 1 is 1.25 bits per heavy atom. The second-order valence-corrected chi connectivity index (χ2v) is 6.52. The third kappa shape index (κ3) is 2.23. The number of ether oxygens (including phenoxy) is 2. The summed E-state index contributed by atoms with van der Waals surface area (Å²) in [6.07, 6.45) is 3.33. The molecule has 110 valence electrons. The molecule has 0 unspecified atom stereocenters.